The van der Waals surface area contributed by atoms with Crippen molar-refractivity contribution in [2.24, 2.45) is 0 Å². The Bertz CT molecular complexity index is 676. The van der Waals surface area contributed by atoms with Gasteiger partial charge in [-0.15, -0.1) is 6.42 Å². The van der Waals surface area contributed by atoms with Crippen LogP contribution in [0.3, 0.4) is 0 Å². The van der Waals surface area contributed by atoms with E-state index in [4.69, 9.17) is 15.9 Å². The molecule has 2 N–H and O–H groups in total. The molecule has 0 unspecified atom stereocenters. The summed E-state index contributed by atoms with van der Waals surface area (Å²) in [4.78, 5) is 22.4. The Morgan fingerprint density at radius 3 is 2.71 bits per heavy atom. The average Bonchev–Trinajstić information content (AvgIpc) is 2.75. The maximum Gasteiger partial charge on any atom is 0.326 e. The Morgan fingerprint density at radius 2 is 2.14 bits per heavy atom. The monoisotopic (exact) mass is 290 g/mol. The smallest absolute Gasteiger partial charge is 0.326 e. The SMILES string of the molecule is C#CCOc1c(F)cc(C=C2NC(=O)NC2=O)cc1OC. The van der Waals surface area contributed by atoms with Crippen LogP contribution in [0.15, 0.2) is 17.8 Å². The number of imide groups is 1. The summed E-state index contributed by atoms with van der Waals surface area (Å²) in [6.07, 6.45) is 6.37. The molecule has 1 aliphatic heterocycles. The Kier molecular flexibility index (Phi) is 4.09. The lowest BCUT2D eigenvalue weighted by molar-refractivity contribution is -0.115. The van der Waals surface area contributed by atoms with E-state index in [0.717, 1.165) is 6.07 Å². The molecule has 0 saturated carbocycles. The second-order valence-corrected chi connectivity index (χ2v) is 3.99. The summed E-state index contributed by atoms with van der Waals surface area (Å²) in [6, 6.07) is 1.96. The van der Waals surface area contributed by atoms with Crippen LogP contribution in [0.25, 0.3) is 6.08 Å². The van der Waals surface area contributed by atoms with Gasteiger partial charge in [-0.05, 0) is 23.8 Å². The van der Waals surface area contributed by atoms with Gasteiger partial charge in [-0.25, -0.2) is 9.18 Å². The highest BCUT2D eigenvalue weighted by molar-refractivity contribution is 6.14. The van der Waals surface area contributed by atoms with Crippen LogP contribution in [0.1, 0.15) is 5.56 Å². The lowest BCUT2D eigenvalue weighted by Crippen LogP contribution is -2.22. The van der Waals surface area contributed by atoms with Crippen molar-refractivity contribution in [3.63, 3.8) is 0 Å². The van der Waals surface area contributed by atoms with Crippen LogP contribution in [-0.2, 0) is 4.79 Å². The Labute approximate surface area is 119 Å². The number of amides is 3. The molecular weight excluding hydrogens is 279 g/mol. The van der Waals surface area contributed by atoms with Gasteiger partial charge in [0.2, 0.25) is 0 Å². The van der Waals surface area contributed by atoms with Gasteiger partial charge in [0, 0.05) is 0 Å². The van der Waals surface area contributed by atoms with Crippen molar-refractivity contribution in [1.29, 1.82) is 0 Å². The number of nitrogens with one attached hydrogen (secondary N) is 2. The van der Waals surface area contributed by atoms with E-state index in [2.05, 4.69) is 11.2 Å². The van der Waals surface area contributed by atoms with E-state index < -0.39 is 17.8 Å². The number of benzene rings is 1. The Hall–Kier alpha value is -3.01. The predicted octanol–water partition coefficient (Wildman–Crippen LogP) is 1.03. The van der Waals surface area contributed by atoms with Crippen LogP contribution >= 0.6 is 0 Å². The minimum absolute atomic E-state index is 0.0127. The Morgan fingerprint density at radius 1 is 1.38 bits per heavy atom. The lowest BCUT2D eigenvalue weighted by Gasteiger charge is -2.10. The number of ether oxygens (including phenoxy) is 2. The summed E-state index contributed by atoms with van der Waals surface area (Å²) in [5, 5.41) is 4.34. The van der Waals surface area contributed by atoms with E-state index in [-0.39, 0.29) is 23.8 Å². The van der Waals surface area contributed by atoms with Gasteiger partial charge >= 0.3 is 6.03 Å². The molecule has 108 valence electrons. The number of terminal acetylenes is 1. The zero-order valence-electron chi connectivity index (χ0n) is 11.0. The topological polar surface area (TPSA) is 76.7 Å². The van der Waals surface area contributed by atoms with E-state index in [1.54, 1.807) is 0 Å². The third-order valence-electron chi connectivity index (χ3n) is 2.58. The third kappa shape index (κ3) is 3.12. The minimum atomic E-state index is -0.693. The average molecular weight is 290 g/mol. The van der Waals surface area contributed by atoms with Crippen molar-refractivity contribution in [3.05, 3.63) is 29.2 Å². The maximum absolute atomic E-state index is 14.0. The highest BCUT2D eigenvalue weighted by Gasteiger charge is 2.23. The molecule has 6 nitrogen and oxygen atoms in total. The van der Waals surface area contributed by atoms with Crippen LogP contribution in [-0.4, -0.2) is 25.7 Å². The van der Waals surface area contributed by atoms with Gasteiger partial charge in [0.05, 0.1) is 7.11 Å². The first-order chi connectivity index (χ1) is 10.0. The Balaban J connectivity index is 2.37. The summed E-state index contributed by atoms with van der Waals surface area (Å²) in [5.41, 5.74) is 0.337. The quantitative estimate of drug-likeness (QED) is 0.493. The van der Waals surface area contributed by atoms with Gasteiger partial charge in [0.1, 0.15) is 12.3 Å². The van der Waals surface area contributed by atoms with Gasteiger partial charge in [-0.1, -0.05) is 5.92 Å². The lowest BCUT2D eigenvalue weighted by atomic mass is 10.1. The third-order valence-corrected chi connectivity index (χ3v) is 2.58. The standard InChI is InChI=1S/C14H11FN2O4/c1-3-4-21-12-9(15)5-8(7-11(12)20-2)6-10-13(18)17-14(19)16-10/h1,5-7H,4H2,2H3,(H2,16,17,18,19). The fourth-order valence-electron chi connectivity index (χ4n) is 1.73. The number of rotatable bonds is 4. The van der Waals surface area contributed by atoms with Crippen LogP contribution in [0.2, 0.25) is 0 Å². The van der Waals surface area contributed by atoms with Crippen LogP contribution in [0.4, 0.5) is 9.18 Å². The fourth-order valence-corrected chi connectivity index (χ4v) is 1.73. The zero-order valence-corrected chi connectivity index (χ0v) is 11.0. The zero-order chi connectivity index (χ0) is 15.4. The molecule has 7 heteroatoms. The van der Waals surface area contributed by atoms with Gasteiger partial charge in [0.25, 0.3) is 5.91 Å². The summed E-state index contributed by atoms with van der Waals surface area (Å²) in [5.74, 6) is 0.951. The molecule has 1 aromatic rings. The van der Waals surface area contributed by atoms with Crippen molar-refractivity contribution < 1.29 is 23.5 Å². The molecule has 3 amide bonds. The van der Waals surface area contributed by atoms with E-state index in [9.17, 15) is 14.0 Å². The molecule has 1 heterocycles. The molecule has 1 aliphatic rings. The molecule has 1 fully saturated rings. The summed E-state index contributed by atoms with van der Waals surface area (Å²) in [7, 11) is 1.35. The fraction of sp³-hybridized carbons (Fsp3) is 0.143. The number of methoxy groups -OCH3 is 1. The largest absolute Gasteiger partial charge is 0.493 e. The predicted molar refractivity (Wildman–Crippen MR) is 71.9 cm³/mol. The van der Waals surface area contributed by atoms with Gasteiger partial charge < -0.3 is 14.8 Å². The van der Waals surface area contributed by atoms with Crippen molar-refractivity contribution >= 4 is 18.0 Å². The van der Waals surface area contributed by atoms with E-state index in [0.29, 0.717) is 5.56 Å². The first kappa shape index (κ1) is 14.4. The number of carbonyl (C=O) groups excluding carboxylic acids is 2. The molecule has 2 rings (SSSR count). The summed E-state index contributed by atoms with van der Waals surface area (Å²) < 4.78 is 24.1. The highest BCUT2D eigenvalue weighted by atomic mass is 19.1. The summed E-state index contributed by atoms with van der Waals surface area (Å²) >= 11 is 0. The molecule has 0 aliphatic carbocycles. The second-order valence-electron chi connectivity index (χ2n) is 3.99. The normalized spacial score (nSPS) is 15.4. The van der Waals surface area contributed by atoms with Crippen LogP contribution in [0, 0.1) is 18.2 Å². The van der Waals surface area contributed by atoms with Gasteiger partial charge in [-0.3, -0.25) is 10.1 Å². The van der Waals surface area contributed by atoms with Crippen molar-refractivity contribution in [2.75, 3.05) is 13.7 Å². The minimum Gasteiger partial charge on any atom is -0.493 e. The first-order valence-corrected chi connectivity index (χ1v) is 5.83. The molecule has 1 saturated heterocycles. The van der Waals surface area contributed by atoms with E-state index in [1.165, 1.54) is 19.3 Å². The maximum atomic E-state index is 14.0. The number of hydrogen-bond donors (Lipinski definition) is 2. The molecule has 21 heavy (non-hydrogen) atoms. The molecule has 0 aromatic heterocycles. The van der Waals surface area contributed by atoms with Crippen LogP contribution in [0.5, 0.6) is 11.5 Å². The van der Waals surface area contributed by atoms with Crippen LogP contribution < -0.4 is 20.1 Å². The van der Waals surface area contributed by atoms with E-state index in [1.807, 2.05) is 5.32 Å². The van der Waals surface area contributed by atoms with Crippen molar-refractivity contribution in [2.45, 2.75) is 0 Å². The molecule has 0 radical (unpaired) electrons. The van der Waals surface area contributed by atoms with Crippen molar-refractivity contribution in [3.8, 4) is 23.8 Å². The number of urea groups is 1. The van der Waals surface area contributed by atoms with Crippen molar-refractivity contribution in [1.82, 2.24) is 10.6 Å². The summed E-state index contributed by atoms with van der Waals surface area (Å²) in [6.45, 7) is -0.105. The number of carbonyl (C=O) groups is 2. The van der Waals surface area contributed by atoms with E-state index >= 15 is 0 Å². The molecule has 0 bridgehead atoms. The molecule has 0 spiro atoms. The second kappa shape index (κ2) is 5.96. The van der Waals surface area contributed by atoms with Gasteiger partial charge in [0.15, 0.2) is 17.3 Å². The number of halogens is 1. The highest BCUT2D eigenvalue weighted by Crippen LogP contribution is 2.32. The molecule has 0 atom stereocenters. The molecular formula is C14H11FN2O4. The van der Waals surface area contributed by atoms with Gasteiger partial charge in [-0.2, -0.15) is 0 Å². The number of hydrogen-bond acceptors (Lipinski definition) is 4. The first-order valence-electron chi connectivity index (χ1n) is 5.83. The molecule has 1 aromatic carbocycles.